The van der Waals surface area contributed by atoms with Crippen molar-refractivity contribution >= 4 is 28.5 Å². The molecule has 6 nitrogen and oxygen atoms in total. The lowest BCUT2D eigenvalue weighted by atomic mass is 9.66. The zero-order valence-electron chi connectivity index (χ0n) is 9.81. The number of carbonyl (C=O) groups is 2. The van der Waals surface area contributed by atoms with Crippen molar-refractivity contribution in [3.63, 3.8) is 0 Å². The number of amides is 2. The topological polar surface area (TPSA) is 91.3 Å². The van der Waals surface area contributed by atoms with Crippen LogP contribution in [0.15, 0.2) is 11.6 Å². The molecule has 2 amide bonds. The second-order valence-electron chi connectivity index (χ2n) is 4.57. The van der Waals surface area contributed by atoms with E-state index in [1.165, 1.54) is 11.3 Å². The molecule has 1 aliphatic rings. The van der Waals surface area contributed by atoms with Crippen LogP contribution in [0.2, 0.25) is 0 Å². The van der Waals surface area contributed by atoms with Crippen LogP contribution in [0.1, 0.15) is 25.7 Å². The van der Waals surface area contributed by atoms with Crippen molar-refractivity contribution < 1.29 is 14.7 Å². The van der Waals surface area contributed by atoms with Crippen LogP contribution in [-0.4, -0.2) is 28.6 Å². The molecule has 18 heavy (non-hydrogen) atoms. The van der Waals surface area contributed by atoms with E-state index in [1.54, 1.807) is 11.6 Å². The van der Waals surface area contributed by atoms with Gasteiger partial charge in [-0.25, -0.2) is 9.78 Å². The van der Waals surface area contributed by atoms with E-state index in [9.17, 15) is 9.59 Å². The molecule has 0 aliphatic heterocycles. The first-order chi connectivity index (χ1) is 8.60. The van der Waals surface area contributed by atoms with Gasteiger partial charge in [-0.3, -0.25) is 10.1 Å². The van der Waals surface area contributed by atoms with Crippen LogP contribution in [0.25, 0.3) is 0 Å². The second kappa shape index (κ2) is 5.34. The first-order valence-corrected chi connectivity index (χ1v) is 6.64. The summed E-state index contributed by atoms with van der Waals surface area (Å²) in [6.07, 6.45) is 4.47. The number of anilines is 1. The Labute approximate surface area is 108 Å². The quantitative estimate of drug-likeness (QED) is 0.761. The van der Waals surface area contributed by atoms with E-state index in [0.29, 0.717) is 11.7 Å². The Morgan fingerprint density at radius 3 is 2.78 bits per heavy atom. The van der Waals surface area contributed by atoms with E-state index in [4.69, 9.17) is 5.11 Å². The molecule has 0 saturated heterocycles. The highest BCUT2D eigenvalue weighted by atomic mass is 32.1. The van der Waals surface area contributed by atoms with Gasteiger partial charge < -0.3 is 10.4 Å². The molecule has 0 unspecified atom stereocenters. The average molecular weight is 269 g/mol. The molecule has 98 valence electrons. The lowest BCUT2D eigenvalue weighted by Crippen LogP contribution is -2.44. The number of aliphatic carboxylic acids is 1. The summed E-state index contributed by atoms with van der Waals surface area (Å²) in [5.41, 5.74) is -0.258. The third-order valence-electron chi connectivity index (χ3n) is 3.22. The van der Waals surface area contributed by atoms with Crippen LogP contribution < -0.4 is 10.6 Å². The van der Waals surface area contributed by atoms with E-state index >= 15 is 0 Å². The number of thiazole rings is 1. The Bertz CT molecular complexity index is 429. The average Bonchev–Trinajstić information content (AvgIpc) is 2.74. The maximum Gasteiger partial charge on any atom is 0.321 e. The summed E-state index contributed by atoms with van der Waals surface area (Å²) >= 11 is 1.34. The Kier molecular flexibility index (Phi) is 3.81. The first-order valence-electron chi connectivity index (χ1n) is 5.76. The van der Waals surface area contributed by atoms with Gasteiger partial charge in [-0.2, -0.15) is 0 Å². The number of carboxylic acid groups (broad SMARTS) is 1. The van der Waals surface area contributed by atoms with E-state index < -0.39 is 5.97 Å². The molecule has 0 bridgehead atoms. The molecular formula is C11H15N3O3S. The number of aromatic nitrogens is 1. The molecule has 1 fully saturated rings. The molecule has 1 aromatic rings. The van der Waals surface area contributed by atoms with Crippen LogP contribution in [0, 0.1) is 5.41 Å². The molecule has 1 aliphatic carbocycles. The Balaban J connectivity index is 1.79. The summed E-state index contributed by atoms with van der Waals surface area (Å²) in [7, 11) is 0. The number of nitrogens with zero attached hydrogens (tertiary/aromatic N) is 1. The SMILES string of the molecule is O=C(O)CC1(CNC(=O)Nc2nccs2)CCC1. The minimum atomic E-state index is -0.808. The highest BCUT2D eigenvalue weighted by Gasteiger charge is 2.39. The van der Waals surface area contributed by atoms with Gasteiger partial charge in [-0.05, 0) is 18.3 Å². The van der Waals surface area contributed by atoms with Gasteiger partial charge in [0.1, 0.15) is 0 Å². The van der Waals surface area contributed by atoms with Gasteiger partial charge in [0.25, 0.3) is 0 Å². The van der Waals surface area contributed by atoms with Gasteiger partial charge in [0.05, 0.1) is 6.42 Å². The molecule has 0 radical (unpaired) electrons. The van der Waals surface area contributed by atoms with Crippen molar-refractivity contribution in [3.05, 3.63) is 11.6 Å². The third kappa shape index (κ3) is 3.19. The molecular weight excluding hydrogens is 254 g/mol. The number of carboxylic acids is 1. The van der Waals surface area contributed by atoms with E-state index in [2.05, 4.69) is 15.6 Å². The molecule has 0 atom stereocenters. The highest BCUT2D eigenvalue weighted by Crippen LogP contribution is 2.43. The summed E-state index contributed by atoms with van der Waals surface area (Å²) < 4.78 is 0. The fourth-order valence-corrected chi connectivity index (χ4v) is 2.63. The fourth-order valence-electron chi connectivity index (χ4n) is 2.11. The lowest BCUT2D eigenvalue weighted by molar-refractivity contribution is -0.141. The predicted molar refractivity (Wildman–Crippen MR) is 67.7 cm³/mol. The summed E-state index contributed by atoms with van der Waals surface area (Å²) in [6.45, 7) is 0.399. The molecule has 1 aromatic heterocycles. The number of urea groups is 1. The molecule has 7 heteroatoms. The van der Waals surface area contributed by atoms with Crippen molar-refractivity contribution in [2.75, 3.05) is 11.9 Å². The van der Waals surface area contributed by atoms with Crippen molar-refractivity contribution in [2.24, 2.45) is 5.41 Å². The number of carbonyl (C=O) groups excluding carboxylic acids is 1. The van der Waals surface area contributed by atoms with Gasteiger partial charge in [-0.1, -0.05) is 6.42 Å². The molecule has 2 rings (SSSR count). The third-order valence-corrected chi connectivity index (χ3v) is 3.91. The van der Waals surface area contributed by atoms with Crippen LogP contribution in [0.5, 0.6) is 0 Å². The van der Waals surface area contributed by atoms with Crippen LogP contribution in [0.3, 0.4) is 0 Å². The predicted octanol–water partition coefficient (Wildman–Crippen LogP) is 1.91. The van der Waals surface area contributed by atoms with Crippen molar-refractivity contribution in [1.82, 2.24) is 10.3 Å². The minimum absolute atomic E-state index is 0.116. The number of hydrogen-bond acceptors (Lipinski definition) is 4. The zero-order valence-corrected chi connectivity index (χ0v) is 10.6. The van der Waals surface area contributed by atoms with Gasteiger partial charge in [0.2, 0.25) is 0 Å². The molecule has 0 aromatic carbocycles. The lowest BCUT2D eigenvalue weighted by Gasteiger charge is -2.40. The highest BCUT2D eigenvalue weighted by molar-refractivity contribution is 7.13. The summed E-state index contributed by atoms with van der Waals surface area (Å²) in [4.78, 5) is 26.3. The van der Waals surface area contributed by atoms with Gasteiger partial charge in [0.15, 0.2) is 5.13 Å². The zero-order chi connectivity index (χ0) is 13.0. The van der Waals surface area contributed by atoms with Crippen molar-refractivity contribution in [2.45, 2.75) is 25.7 Å². The van der Waals surface area contributed by atoms with Crippen LogP contribution >= 0.6 is 11.3 Å². The maximum atomic E-state index is 11.6. The summed E-state index contributed by atoms with van der Waals surface area (Å²) in [5, 5.41) is 16.5. The first kappa shape index (κ1) is 12.8. The number of rotatable bonds is 5. The fraction of sp³-hybridized carbons (Fsp3) is 0.545. The molecule has 1 heterocycles. The Hall–Kier alpha value is -1.63. The monoisotopic (exact) mass is 269 g/mol. The molecule has 1 saturated carbocycles. The largest absolute Gasteiger partial charge is 0.481 e. The Morgan fingerprint density at radius 1 is 1.50 bits per heavy atom. The smallest absolute Gasteiger partial charge is 0.321 e. The van der Waals surface area contributed by atoms with E-state index in [1.807, 2.05) is 0 Å². The normalized spacial score (nSPS) is 16.7. The minimum Gasteiger partial charge on any atom is -0.481 e. The van der Waals surface area contributed by atoms with Crippen LogP contribution in [-0.2, 0) is 4.79 Å². The number of nitrogens with one attached hydrogen (secondary N) is 2. The molecule has 0 spiro atoms. The Morgan fingerprint density at radius 2 is 2.28 bits per heavy atom. The standard InChI is InChI=1S/C11H15N3O3S/c15-8(16)6-11(2-1-3-11)7-13-9(17)14-10-12-4-5-18-10/h4-5H,1-3,6-7H2,(H,15,16)(H2,12,13,14,17). The van der Waals surface area contributed by atoms with Crippen LogP contribution in [0.4, 0.5) is 9.93 Å². The summed E-state index contributed by atoms with van der Waals surface area (Å²) in [5.74, 6) is -0.808. The molecule has 3 N–H and O–H groups in total. The van der Waals surface area contributed by atoms with E-state index in [0.717, 1.165) is 19.3 Å². The maximum absolute atomic E-state index is 11.6. The van der Waals surface area contributed by atoms with Crippen molar-refractivity contribution in [3.8, 4) is 0 Å². The van der Waals surface area contributed by atoms with Gasteiger partial charge >= 0.3 is 12.0 Å². The van der Waals surface area contributed by atoms with Gasteiger partial charge in [0, 0.05) is 18.1 Å². The summed E-state index contributed by atoms with van der Waals surface area (Å²) in [6, 6.07) is -0.332. The van der Waals surface area contributed by atoms with E-state index in [-0.39, 0.29) is 17.9 Å². The van der Waals surface area contributed by atoms with Crippen molar-refractivity contribution in [1.29, 1.82) is 0 Å². The number of hydrogen-bond donors (Lipinski definition) is 3. The second-order valence-corrected chi connectivity index (χ2v) is 5.46. The van der Waals surface area contributed by atoms with Gasteiger partial charge in [-0.15, -0.1) is 11.3 Å².